The van der Waals surface area contributed by atoms with E-state index in [9.17, 15) is 0 Å². The molecule has 5 nitrogen and oxygen atoms in total. The predicted molar refractivity (Wildman–Crippen MR) is 81.1 cm³/mol. The summed E-state index contributed by atoms with van der Waals surface area (Å²) in [4.78, 5) is 5.84. The highest BCUT2D eigenvalue weighted by Crippen LogP contribution is 2.42. The molecule has 3 aromatic heterocycles. The van der Waals surface area contributed by atoms with Gasteiger partial charge in [-0.15, -0.1) is 11.3 Å². The SMILES string of the molecule is Cc1ccoc1-c1noc(-c2c(N)sc3c2CCCC3)n1. The van der Waals surface area contributed by atoms with E-state index in [1.165, 1.54) is 23.3 Å². The Bertz CT molecular complexity index is 800. The Hall–Kier alpha value is -2.08. The Morgan fingerprint density at radius 1 is 1.29 bits per heavy atom. The molecule has 2 N–H and O–H groups in total. The Kier molecular flexibility index (Phi) is 2.85. The van der Waals surface area contributed by atoms with E-state index in [0.29, 0.717) is 17.5 Å². The van der Waals surface area contributed by atoms with Crippen LogP contribution < -0.4 is 5.73 Å². The van der Waals surface area contributed by atoms with Gasteiger partial charge in [0.2, 0.25) is 5.82 Å². The van der Waals surface area contributed by atoms with Crippen molar-refractivity contribution >= 4 is 16.3 Å². The van der Waals surface area contributed by atoms with Crippen LogP contribution >= 0.6 is 11.3 Å². The monoisotopic (exact) mass is 301 g/mol. The fourth-order valence-corrected chi connectivity index (χ4v) is 3.99. The van der Waals surface area contributed by atoms with E-state index in [4.69, 9.17) is 14.7 Å². The number of hydrogen-bond donors (Lipinski definition) is 1. The number of rotatable bonds is 2. The van der Waals surface area contributed by atoms with Crippen LogP contribution in [0.2, 0.25) is 0 Å². The second-order valence-corrected chi connectivity index (χ2v) is 6.44. The van der Waals surface area contributed by atoms with Crippen molar-refractivity contribution in [3.05, 3.63) is 28.3 Å². The summed E-state index contributed by atoms with van der Waals surface area (Å²) in [6.45, 7) is 1.95. The lowest BCUT2D eigenvalue weighted by atomic mass is 9.95. The zero-order chi connectivity index (χ0) is 14.4. The number of fused-ring (bicyclic) bond motifs is 1. The van der Waals surface area contributed by atoms with Crippen molar-refractivity contribution in [3.8, 4) is 23.0 Å². The summed E-state index contributed by atoms with van der Waals surface area (Å²) in [7, 11) is 0. The molecular weight excluding hydrogens is 286 g/mol. The van der Waals surface area contributed by atoms with Crippen LogP contribution in [-0.2, 0) is 12.8 Å². The van der Waals surface area contributed by atoms with E-state index >= 15 is 0 Å². The van der Waals surface area contributed by atoms with Gasteiger partial charge in [-0.25, -0.2) is 0 Å². The molecule has 0 amide bonds. The summed E-state index contributed by atoms with van der Waals surface area (Å²) in [5.41, 5.74) is 9.38. The number of nitrogen functional groups attached to an aromatic ring is 1. The van der Waals surface area contributed by atoms with Gasteiger partial charge in [-0.2, -0.15) is 4.98 Å². The highest BCUT2D eigenvalue weighted by molar-refractivity contribution is 7.16. The van der Waals surface area contributed by atoms with Crippen LogP contribution in [0.25, 0.3) is 23.0 Å². The van der Waals surface area contributed by atoms with Crippen LogP contribution in [0.3, 0.4) is 0 Å². The van der Waals surface area contributed by atoms with Gasteiger partial charge in [-0.3, -0.25) is 0 Å². The average molecular weight is 301 g/mol. The van der Waals surface area contributed by atoms with Gasteiger partial charge >= 0.3 is 0 Å². The highest BCUT2D eigenvalue weighted by Gasteiger charge is 2.25. The molecule has 1 aliphatic carbocycles. The molecule has 0 fully saturated rings. The molecule has 0 atom stereocenters. The Morgan fingerprint density at radius 2 is 2.14 bits per heavy atom. The third kappa shape index (κ3) is 1.98. The van der Waals surface area contributed by atoms with Crippen molar-refractivity contribution in [1.29, 1.82) is 0 Å². The van der Waals surface area contributed by atoms with Crippen LogP contribution in [-0.4, -0.2) is 10.1 Å². The number of nitrogens with zero attached hydrogens (tertiary/aromatic N) is 2. The van der Waals surface area contributed by atoms with Crippen LogP contribution in [0.4, 0.5) is 5.00 Å². The minimum atomic E-state index is 0.475. The van der Waals surface area contributed by atoms with Crippen molar-refractivity contribution < 1.29 is 8.94 Å². The van der Waals surface area contributed by atoms with E-state index < -0.39 is 0 Å². The fraction of sp³-hybridized carbons (Fsp3) is 0.333. The molecule has 0 aliphatic heterocycles. The number of nitrogens with two attached hydrogens (primary N) is 1. The maximum Gasteiger partial charge on any atom is 0.261 e. The minimum Gasteiger partial charge on any atom is -0.461 e. The Balaban J connectivity index is 1.80. The van der Waals surface area contributed by atoms with Crippen LogP contribution in [0.15, 0.2) is 21.3 Å². The first-order chi connectivity index (χ1) is 10.2. The molecular formula is C15H15N3O2S. The molecule has 108 valence electrons. The van der Waals surface area contributed by atoms with Gasteiger partial charge in [0.1, 0.15) is 0 Å². The van der Waals surface area contributed by atoms with Crippen molar-refractivity contribution in [1.82, 2.24) is 10.1 Å². The predicted octanol–water partition coefficient (Wildman–Crippen LogP) is 3.83. The second kappa shape index (κ2) is 4.73. The van der Waals surface area contributed by atoms with E-state index in [2.05, 4.69) is 10.1 Å². The van der Waals surface area contributed by atoms with Crippen LogP contribution in [0, 0.1) is 6.92 Å². The zero-order valence-corrected chi connectivity index (χ0v) is 12.5. The largest absolute Gasteiger partial charge is 0.461 e. The second-order valence-electron chi connectivity index (χ2n) is 5.31. The van der Waals surface area contributed by atoms with Crippen LogP contribution in [0.5, 0.6) is 0 Å². The lowest BCUT2D eigenvalue weighted by molar-refractivity contribution is 0.429. The van der Waals surface area contributed by atoms with Crippen molar-refractivity contribution in [3.63, 3.8) is 0 Å². The number of aromatic nitrogens is 2. The molecule has 3 aromatic rings. The maximum absolute atomic E-state index is 6.18. The first-order valence-electron chi connectivity index (χ1n) is 7.02. The number of aryl methyl sites for hydroxylation is 2. The van der Waals surface area contributed by atoms with E-state index in [0.717, 1.165) is 29.0 Å². The Labute approximate surface area is 125 Å². The third-order valence-corrected chi connectivity index (χ3v) is 5.02. The van der Waals surface area contributed by atoms with Gasteiger partial charge in [0.25, 0.3) is 5.89 Å². The van der Waals surface area contributed by atoms with Gasteiger partial charge < -0.3 is 14.7 Å². The summed E-state index contributed by atoms with van der Waals surface area (Å²) in [5, 5.41) is 4.81. The molecule has 3 heterocycles. The number of furan rings is 1. The fourth-order valence-electron chi connectivity index (χ4n) is 2.84. The standard InChI is InChI=1S/C15H15N3O2S/c1-8-6-7-19-12(8)14-17-15(20-18-14)11-9-4-2-3-5-10(9)21-13(11)16/h6-7H,2-5,16H2,1H3. The number of thiophene rings is 1. The third-order valence-electron chi connectivity index (χ3n) is 3.90. The highest BCUT2D eigenvalue weighted by atomic mass is 32.1. The normalized spacial score (nSPS) is 14.3. The Morgan fingerprint density at radius 3 is 2.95 bits per heavy atom. The summed E-state index contributed by atoms with van der Waals surface area (Å²) in [6.07, 6.45) is 6.18. The van der Waals surface area contributed by atoms with Crippen molar-refractivity contribution in [2.24, 2.45) is 0 Å². The average Bonchev–Trinajstić information content (AvgIpc) is 3.15. The molecule has 6 heteroatoms. The van der Waals surface area contributed by atoms with Crippen LogP contribution in [0.1, 0.15) is 28.8 Å². The molecule has 0 bridgehead atoms. The molecule has 0 unspecified atom stereocenters. The number of hydrogen-bond acceptors (Lipinski definition) is 6. The lowest BCUT2D eigenvalue weighted by Crippen LogP contribution is -1.99. The maximum atomic E-state index is 6.18. The quantitative estimate of drug-likeness (QED) is 0.778. The summed E-state index contributed by atoms with van der Waals surface area (Å²) in [5.74, 6) is 1.62. The van der Waals surface area contributed by atoms with Gasteiger partial charge in [0.15, 0.2) is 5.76 Å². The lowest BCUT2D eigenvalue weighted by Gasteiger charge is -2.10. The summed E-state index contributed by atoms with van der Waals surface area (Å²) in [6, 6.07) is 1.88. The molecule has 4 rings (SSSR count). The molecule has 0 saturated heterocycles. The molecule has 0 spiro atoms. The van der Waals surface area contributed by atoms with E-state index in [1.807, 2.05) is 13.0 Å². The van der Waals surface area contributed by atoms with Gasteiger partial charge in [-0.05, 0) is 49.8 Å². The van der Waals surface area contributed by atoms with E-state index in [1.54, 1.807) is 17.6 Å². The molecule has 1 aliphatic rings. The smallest absolute Gasteiger partial charge is 0.261 e. The minimum absolute atomic E-state index is 0.475. The molecule has 0 radical (unpaired) electrons. The summed E-state index contributed by atoms with van der Waals surface area (Å²) >= 11 is 1.65. The van der Waals surface area contributed by atoms with E-state index in [-0.39, 0.29) is 0 Å². The molecule has 0 aromatic carbocycles. The van der Waals surface area contributed by atoms with Gasteiger partial charge in [0, 0.05) is 4.88 Å². The van der Waals surface area contributed by atoms with Crippen molar-refractivity contribution in [2.75, 3.05) is 5.73 Å². The molecule has 0 saturated carbocycles. The van der Waals surface area contributed by atoms with Gasteiger partial charge in [-0.1, -0.05) is 5.16 Å². The number of anilines is 1. The first kappa shape index (κ1) is 12.6. The summed E-state index contributed by atoms with van der Waals surface area (Å²) < 4.78 is 10.9. The first-order valence-corrected chi connectivity index (χ1v) is 7.84. The zero-order valence-electron chi connectivity index (χ0n) is 11.7. The molecule has 21 heavy (non-hydrogen) atoms. The van der Waals surface area contributed by atoms with Crippen molar-refractivity contribution in [2.45, 2.75) is 32.6 Å². The topological polar surface area (TPSA) is 78.1 Å². The van der Waals surface area contributed by atoms with Gasteiger partial charge in [0.05, 0.1) is 16.8 Å².